The molecule has 1 aromatic heterocycles. The third-order valence-electron chi connectivity index (χ3n) is 2.33. The third-order valence-corrected chi connectivity index (χ3v) is 2.33. The van der Waals surface area contributed by atoms with Gasteiger partial charge in [0.2, 0.25) is 5.91 Å². The van der Waals surface area contributed by atoms with E-state index in [4.69, 9.17) is 5.26 Å². The van der Waals surface area contributed by atoms with Crippen molar-refractivity contribution in [2.24, 2.45) is 5.41 Å². The molecule has 1 heterocycles. The summed E-state index contributed by atoms with van der Waals surface area (Å²) >= 11 is 0. The molecule has 16 heavy (non-hydrogen) atoms. The first-order valence-corrected chi connectivity index (χ1v) is 5.10. The van der Waals surface area contributed by atoms with Crippen molar-refractivity contribution in [2.45, 2.75) is 26.8 Å². The fraction of sp³-hybridized carbons (Fsp3) is 0.417. The summed E-state index contributed by atoms with van der Waals surface area (Å²) in [5.74, 6) is -0.284. The Morgan fingerprint density at radius 3 is 2.75 bits per heavy atom. The van der Waals surface area contributed by atoms with Gasteiger partial charge in [-0.2, -0.15) is 5.26 Å². The first kappa shape index (κ1) is 12.2. The van der Waals surface area contributed by atoms with E-state index in [9.17, 15) is 4.79 Å². The van der Waals surface area contributed by atoms with Gasteiger partial charge in [0.05, 0.1) is 17.8 Å². The summed E-state index contributed by atoms with van der Waals surface area (Å²) in [7, 11) is 0. The quantitative estimate of drug-likeness (QED) is 0.839. The molecule has 0 aromatic carbocycles. The van der Waals surface area contributed by atoms with Crippen LogP contribution in [0.2, 0.25) is 0 Å². The topological polar surface area (TPSA) is 65.8 Å². The Hall–Kier alpha value is -1.89. The smallest absolute Gasteiger partial charge is 0.240 e. The van der Waals surface area contributed by atoms with Gasteiger partial charge >= 0.3 is 0 Å². The van der Waals surface area contributed by atoms with E-state index in [1.54, 1.807) is 20.0 Å². The maximum absolute atomic E-state index is 11.7. The summed E-state index contributed by atoms with van der Waals surface area (Å²) in [6.45, 7) is 5.02. The maximum Gasteiger partial charge on any atom is 0.240 e. The van der Waals surface area contributed by atoms with Crippen LogP contribution in [0.1, 0.15) is 32.5 Å². The Balaban J connectivity index is 2.70. The normalized spacial score (nSPS) is 12.6. The van der Waals surface area contributed by atoms with Gasteiger partial charge in [-0.3, -0.25) is 9.78 Å². The van der Waals surface area contributed by atoms with Gasteiger partial charge in [-0.1, -0.05) is 6.07 Å². The van der Waals surface area contributed by atoms with Gasteiger partial charge in [0.25, 0.3) is 0 Å². The largest absolute Gasteiger partial charge is 0.347 e. The van der Waals surface area contributed by atoms with Crippen molar-refractivity contribution < 1.29 is 4.79 Å². The van der Waals surface area contributed by atoms with Crippen LogP contribution in [0, 0.1) is 16.7 Å². The van der Waals surface area contributed by atoms with E-state index in [0.717, 1.165) is 5.69 Å². The maximum atomic E-state index is 11.7. The predicted molar refractivity (Wildman–Crippen MR) is 60.2 cm³/mol. The van der Waals surface area contributed by atoms with Crippen LogP contribution in [0.25, 0.3) is 0 Å². The molecule has 1 unspecified atom stereocenters. The van der Waals surface area contributed by atoms with E-state index in [-0.39, 0.29) is 11.9 Å². The summed E-state index contributed by atoms with van der Waals surface area (Å²) in [6, 6.07) is 7.29. The molecular formula is C12H15N3O. The van der Waals surface area contributed by atoms with Crippen LogP contribution < -0.4 is 5.32 Å². The summed E-state index contributed by atoms with van der Waals surface area (Å²) in [5.41, 5.74) is -0.229. The summed E-state index contributed by atoms with van der Waals surface area (Å²) in [5, 5.41) is 11.6. The molecule has 0 spiro atoms. The van der Waals surface area contributed by atoms with Gasteiger partial charge in [-0.05, 0) is 32.9 Å². The highest BCUT2D eigenvalue weighted by Crippen LogP contribution is 2.16. The standard InChI is InChI=1S/C12H15N3O/c1-9(10-6-4-5-7-14-10)15-11(16)12(2,3)8-13/h4-7,9H,1-3H3,(H,15,16). The molecule has 84 valence electrons. The lowest BCUT2D eigenvalue weighted by atomic mass is 9.94. The lowest BCUT2D eigenvalue weighted by Crippen LogP contribution is -2.37. The van der Waals surface area contributed by atoms with Gasteiger partial charge in [0, 0.05) is 6.20 Å². The van der Waals surface area contributed by atoms with Crippen molar-refractivity contribution in [1.29, 1.82) is 5.26 Å². The summed E-state index contributed by atoms with van der Waals surface area (Å²) in [6.07, 6.45) is 1.67. The zero-order chi connectivity index (χ0) is 12.2. The van der Waals surface area contributed by atoms with Crippen LogP contribution in [-0.2, 0) is 4.79 Å². The molecular weight excluding hydrogens is 202 g/mol. The van der Waals surface area contributed by atoms with Gasteiger partial charge in [-0.25, -0.2) is 0 Å². The summed E-state index contributed by atoms with van der Waals surface area (Å²) < 4.78 is 0. The fourth-order valence-electron chi connectivity index (χ4n) is 1.13. The molecule has 0 fully saturated rings. The highest BCUT2D eigenvalue weighted by atomic mass is 16.2. The van der Waals surface area contributed by atoms with Crippen LogP contribution in [0.3, 0.4) is 0 Å². The highest BCUT2D eigenvalue weighted by molar-refractivity contribution is 5.84. The Morgan fingerprint density at radius 2 is 2.25 bits per heavy atom. The van der Waals surface area contributed by atoms with Crippen molar-refractivity contribution >= 4 is 5.91 Å². The second kappa shape index (κ2) is 4.75. The number of rotatable bonds is 3. The fourth-order valence-corrected chi connectivity index (χ4v) is 1.13. The van der Waals surface area contributed by atoms with Crippen LogP contribution >= 0.6 is 0 Å². The first-order chi connectivity index (χ1) is 7.47. The number of hydrogen-bond acceptors (Lipinski definition) is 3. The molecule has 0 aliphatic heterocycles. The third kappa shape index (κ3) is 2.80. The molecule has 0 aliphatic carbocycles. The second-order valence-electron chi connectivity index (χ2n) is 4.19. The minimum Gasteiger partial charge on any atom is -0.347 e. The van der Waals surface area contributed by atoms with Crippen LogP contribution in [0.5, 0.6) is 0 Å². The first-order valence-electron chi connectivity index (χ1n) is 5.10. The van der Waals surface area contributed by atoms with E-state index < -0.39 is 5.41 Å². The van der Waals surface area contributed by atoms with Gasteiger partial charge in [0.15, 0.2) is 0 Å². The van der Waals surface area contributed by atoms with Gasteiger partial charge in [0.1, 0.15) is 5.41 Å². The number of amides is 1. The summed E-state index contributed by atoms with van der Waals surface area (Å²) in [4.78, 5) is 15.9. The molecule has 0 bridgehead atoms. The SMILES string of the molecule is CC(NC(=O)C(C)(C)C#N)c1ccccn1. The zero-order valence-electron chi connectivity index (χ0n) is 9.69. The lowest BCUT2D eigenvalue weighted by Gasteiger charge is -2.19. The Kier molecular flexibility index (Phi) is 3.62. The average molecular weight is 217 g/mol. The minimum atomic E-state index is -1.01. The van der Waals surface area contributed by atoms with E-state index in [1.165, 1.54) is 0 Å². The number of nitrogens with one attached hydrogen (secondary N) is 1. The molecule has 0 radical (unpaired) electrons. The van der Waals surface area contributed by atoms with E-state index >= 15 is 0 Å². The number of nitrogens with zero attached hydrogens (tertiary/aromatic N) is 2. The lowest BCUT2D eigenvalue weighted by molar-refractivity contribution is -0.127. The average Bonchev–Trinajstić information content (AvgIpc) is 2.30. The predicted octanol–water partition coefficient (Wildman–Crippen LogP) is 1.81. The van der Waals surface area contributed by atoms with E-state index in [0.29, 0.717) is 0 Å². The number of pyridine rings is 1. The Labute approximate surface area is 95.3 Å². The molecule has 0 saturated carbocycles. The molecule has 1 aromatic rings. The van der Waals surface area contributed by atoms with Crippen molar-refractivity contribution in [3.05, 3.63) is 30.1 Å². The number of aromatic nitrogens is 1. The van der Waals surface area contributed by atoms with Crippen molar-refractivity contribution in [1.82, 2.24) is 10.3 Å². The number of nitriles is 1. The van der Waals surface area contributed by atoms with Crippen molar-refractivity contribution in [3.8, 4) is 6.07 Å². The molecule has 0 aliphatic rings. The molecule has 1 rings (SSSR count). The Bertz CT molecular complexity index is 406. The number of carbonyl (C=O) groups excluding carboxylic acids is 1. The minimum absolute atomic E-state index is 0.193. The van der Waals surface area contributed by atoms with Crippen LogP contribution in [0.15, 0.2) is 24.4 Å². The zero-order valence-corrected chi connectivity index (χ0v) is 9.69. The molecule has 1 amide bonds. The van der Waals surface area contributed by atoms with Crippen LogP contribution in [0.4, 0.5) is 0 Å². The highest BCUT2D eigenvalue weighted by Gasteiger charge is 2.28. The van der Waals surface area contributed by atoms with Gasteiger partial charge in [-0.15, -0.1) is 0 Å². The molecule has 1 N–H and O–H groups in total. The van der Waals surface area contributed by atoms with Gasteiger partial charge < -0.3 is 5.32 Å². The Morgan fingerprint density at radius 1 is 1.56 bits per heavy atom. The van der Waals surface area contributed by atoms with Crippen molar-refractivity contribution in [3.63, 3.8) is 0 Å². The molecule has 1 atom stereocenters. The van der Waals surface area contributed by atoms with Crippen molar-refractivity contribution in [2.75, 3.05) is 0 Å². The number of hydrogen-bond donors (Lipinski definition) is 1. The second-order valence-corrected chi connectivity index (χ2v) is 4.19. The van der Waals surface area contributed by atoms with E-state index in [1.807, 2.05) is 31.2 Å². The van der Waals surface area contributed by atoms with Crippen LogP contribution in [-0.4, -0.2) is 10.9 Å². The molecule has 4 heteroatoms. The molecule has 0 saturated heterocycles. The monoisotopic (exact) mass is 217 g/mol. The molecule has 4 nitrogen and oxygen atoms in total. The number of carbonyl (C=O) groups is 1. The van der Waals surface area contributed by atoms with E-state index in [2.05, 4.69) is 10.3 Å².